The third-order valence-electron chi connectivity index (χ3n) is 5.12. The van der Waals surface area contributed by atoms with Gasteiger partial charge in [-0.15, -0.1) is 0 Å². The summed E-state index contributed by atoms with van der Waals surface area (Å²) in [5.41, 5.74) is 2.49. The van der Waals surface area contributed by atoms with E-state index in [4.69, 9.17) is 8.94 Å². The van der Waals surface area contributed by atoms with E-state index in [9.17, 15) is 4.79 Å². The number of H-pyrrole nitrogens is 1. The Morgan fingerprint density at radius 1 is 1.17 bits per heavy atom. The van der Waals surface area contributed by atoms with Crippen LogP contribution in [0.5, 0.6) is 0 Å². The predicted octanol–water partition coefficient (Wildman–Crippen LogP) is 3.28. The SMILES string of the molecule is O=C1CC(c2noc(-c3cc(-c4ccco4)n[nH]3)n2)CN1CCc1ccccc1. The molecule has 4 heterocycles. The van der Waals surface area contributed by atoms with Gasteiger partial charge in [-0.25, -0.2) is 0 Å². The standard InChI is InChI=1S/C21H19N5O3/c27-19-11-15(13-26(19)9-8-14-5-2-1-3-6-14)20-22-21(29-25-20)17-12-16(23-24-17)18-7-4-10-28-18/h1-7,10,12,15H,8-9,11,13H2,(H,23,24). The molecule has 4 aromatic rings. The van der Waals surface area contributed by atoms with E-state index in [0.717, 1.165) is 6.42 Å². The average molecular weight is 389 g/mol. The highest BCUT2D eigenvalue weighted by molar-refractivity contribution is 5.79. The molecule has 29 heavy (non-hydrogen) atoms. The number of nitrogens with zero attached hydrogens (tertiary/aromatic N) is 4. The number of hydrogen-bond donors (Lipinski definition) is 1. The number of furan rings is 1. The highest BCUT2D eigenvalue weighted by Gasteiger charge is 2.33. The molecule has 1 N–H and O–H groups in total. The zero-order valence-electron chi connectivity index (χ0n) is 15.6. The third-order valence-corrected chi connectivity index (χ3v) is 5.12. The van der Waals surface area contributed by atoms with Crippen LogP contribution in [0.1, 0.15) is 23.7 Å². The van der Waals surface area contributed by atoms with Gasteiger partial charge in [0.1, 0.15) is 11.4 Å². The molecule has 0 bridgehead atoms. The Labute approximate surface area is 166 Å². The molecule has 1 aliphatic rings. The largest absolute Gasteiger partial charge is 0.463 e. The van der Waals surface area contributed by atoms with Crippen molar-refractivity contribution in [2.45, 2.75) is 18.8 Å². The second kappa shape index (κ2) is 7.38. The van der Waals surface area contributed by atoms with E-state index >= 15 is 0 Å². The molecule has 1 amide bonds. The average Bonchev–Trinajstić information content (AvgIpc) is 3.53. The lowest BCUT2D eigenvalue weighted by Crippen LogP contribution is -2.27. The monoisotopic (exact) mass is 389 g/mol. The van der Waals surface area contributed by atoms with Crippen LogP contribution >= 0.6 is 0 Å². The Bertz CT molecular complexity index is 1100. The number of aromatic nitrogens is 4. The fourth-order valence-electron chi connectivity index (χ4n) is 3.56. The topological polar surface area (TPSA) is 101 Å². The molecule has 1 fully saturated rings. The van der Waals surface area contributed by atoms with Gasteiger partial charge >= 0.3 is 0 Å². The molecule has 3 aromatic heterocycles. The van der Waals surface area contributed by atoms with Crippen molar-refractivity contribution in [2.24, 2.45) is 0 Å². The summed E-state index contributed by atoms with van der Waals surface area (Å²) >= 11 is 0. The Kier molecular flexibility index (Phi) is 4.44. The molecule has 1 aliphatic heterocycles. The van der Waals surface area contributed by atoms with Gasteiger partial charge in [-0.05, 0) is 24.1 Å². The van der Waals surface area contributed by atoms with Crippen LogP contribution in [-0.2, 0) is 11.2 Å². The highest BCUT2D eigenvalue weighted by Crippen LogP contribution is 2.29. The molecule has 0 saturated carbocycles. The molecule has 0 radical (unpaired) electrons. The normalized spacial score (nSPS) is 16.6. The second-order valence-electron chi connectivity index (χ2n) is 7.08. The summed E-state index contributed by atoms with van der Waals surface area (Å²) in [4.78, 5) is 18.8. The summed E-state index contributed by atoms with van der Waals surface area (Å²) in [6.07, 6.45) is 2.82. The summed E-state index contributed by atoms with van der Waals surface area (Å²) < 4.78 is 10.7. The van der Waals surface area contributed by atoms with Crippen LogP contribution in [0.25, 0.3) is 23.0 Å². The van der Waals surface area contributed by atoms with Gasteiger partial charge in [0.05, 0.1) is 6.26 Å². The Balaban J connectivity index is 1.25. The van der Waals surface area contributed by atoms with E-state index in [1.54, 1.807) is 18.4 Å². The van der Waals surface area contributed by atoms with Crippen molar-refractivity contribution in [1.82, 2.24) is 25.2 Å². The van der Waals surface area contributed by atoms with Crippen molar-refractivity contribution in [3.8, 4) is 23.0 Å². The molecular weight excluding hydrogens is 370 g/mol. The molecule has 0 spiro atoms. The van der Waals surface area contributed by atoms with Crippen LogP contribution < -0.4 is 0 Å². The van der Waals surface area contributed by atoms with Crippen molar-refractivity contribution in [3.05, 3.63) is 66.2 Å². The number of rotatable bonds is 6. The number of nitrogens with one attached hydrogen (secondary N) is 1. The molecule has 1 atom stereocenters. The van der Waals surface area contributed by atoms with Crippen molar-refractivity contribution < 1.29 is 13.7 Å². The molecular formula is C21H19N5O3. The van der Waals surface area contributed by atoms with Crippen LogP contribution in [0.3, 0.4) is 0 Å². The molecule has 1 aromatic carbocycles. The smallest absolute Gasteiger partial charge is 0.275 e. The van der Waals surface area contributed by atoms with Crippen LogP contribution in [0.2, 0.25) is 0 Å². The minimum Gasteiger partial charge on any atom is -0.463 e. The number of benzene rings is 1. The van der Waals surface area contributed by atoms with Crippen LogP contribution in [0.4, 0.5) is 0 Å². The molecule has 146 valence electrons. The first-order chi connectivity index (χ1) is 14.3. The minimum atomic E-state index is -0.0664. The van der Waals surface area contributed by atoms with Crippen LogP contribution in [0, 0.1) is 0 Å². The maximum absolute atomic E-state index is 12.4. The molecule has 5 rings (SSSR count). The van der Waals surface area contributed by atoms with Gasteiger partial charge in [0.15, 0.2) is 11.6 Å². The van der Waals surface area contributed by atoms with E-state index in [1.807, 2.05) is 29.2 Å². The van der Waals surface area contributed by atoms with Gasteiger partial charge in [-0.2, -0.15) is 10.1 Å². The number of amides is 1. The van der Waals surface area contributed by atoms with E-state index in [0.29, 0.717) is 48.4 Å². The maximum atomic E-state index is 12.4. The van der Waals surface area contributed by atoms with Crippen molar-refractivity contribution in [2.75, 3.05) is 13.1 Å². The lowest BCUT2D eigenvalue weighted by atomic mass is 10.1. The predicted molar refractivity (Wildman–Crippen MR) is 104 cm³/mol. The highest BCUT2D eigenvalue weighted by atomic mass is 16.5. The van der Waals surface area contributed by atoms with Gasteiger partial charge in [-0.1, -0.05) is 35.5 Å². The maximum Gasteiger partial charge on any atom is 0.275 e. The van der Waals surface area contributed by atoms with E-state index in [2.05, 4.69) is 32.5 Å². The summed E-state index contributed by atoms with van der Waals surface area (Å²) in [5, 5.41) is 11.2. The van der Waals surface area contributed by atoms with Gasteiger partial charge in [0, 0.05) is 31.5 Å². The van der Waals surface area contributed by atoms with Gasteiger partial charge in [-0.3, -0.25) is 9.89 Å². The van der Waals surface area contributed by atoms with Crippen LogP contribution in [-0.4, -0.2) is 44.2 Å². The molecule has 8 nitrogen and oxygen atoms in total. The number of carbonyl (C=O) groups is 1. The Hall–Kier alpha value is -3.68. The van der Waals surface area contributed by atoms with Crippen LogP contribution in [0.15, 0.2) is 63.7 Å². The Morgan fingerprint density at radius 2 is 2.07 bits per heavy atom. The fraction of sp³-hybridized carbons (Fsp3) is 0.238. The van der Waals surface area contributed by atoms with Gasteiger partial charge < -0.3 is 13.8 Å². The van der Waals surface area contributed by atoms with Crippen molar-refractivity contribution in [3.63, 3.8) is 0 Å². The lowest BCUT2D eigenvalue weighted by Gasteiger charge is -2.15. The first-order valence-corrected chi connectivity index (χ1v) is 9.51. The summed E-state index contributed by atoms with van der Waals surface area (Å²) in [6.45, 7) is 1.29. The number of carbonyl (C=O) groups excluding carboxylic acids is 1. The second-order valence-corrected chi connectivity index (χ2v) is 7.08. The molecule has 0 aliphatic carbocycles. The fourth-order valence-corrected chi connectivity index (χ4v) is 3.56. The van der Waals surface area contributed by atoms with E-state index in [1.165, 1.54) is 5.56 Å². The quantitative estimate of drug-likeness (QED) is 0.543. The van der Waals surface area contributed by atoms with Gasteiger partial charge in [0.25, 0.3) is 5.89 Å². The minimum absolute atomic E-state index is 0.0664. The van der Waals surface area contributed by atoms with Crippen molar-refractivity contribution >= 4 is 5.91 Å². The zero-order valence-corrected chi connectivity index (χ0v) is 15.6. The zero-order chi connectivity index (χ0) is 19.6. The summed E-state index contributed by atoms with van der Waals surface area (Å²) in [6, 6.07) is 15.6. The van der Waals surface area contributed by atoms with Crippen molar-refractivity contribution in [1.29, 1.82) is 0 Å². The first-order valence-electron chi connectivity index (χ1n) is 9.51. The third kappa shape index (κ3) is 3.56. The first kappa shape index (κ1) is 17.4. The molecule has 8 heteroatoms. The van der Waals surface area contributed by atoms with Gasteiger partial charge in [0.2, 0.25) is 5.91 Å². The van der Waals surface area contributed by atoms with E-state index in [-0.39, 0.29) is 11.8 Å². The Morgan fingerprint density at radius 3 is 2.90 bits per heavy atom. The summed E-state index contributed by atoms with van der Waals surface area (Å²) in [7, 11) is 0. The molecule has 1 unspecified atom stereocenters. The number of hydrogen-bond acceptors (Lipinski definition) is 6. The summed E-state index contributed by atoms with van der Waals surface area (Å²) in [5.74, 6) is 1.61. The number of likely N-dealkylation sites (tertiary alicyclic amines) is 1. The number of aromatic amines is 1. The molecule has 1 saturated heterocycles. The van der Waals surface area contributed by atoms with E-state index < -0.39 is 0 Å². The lowest BCUT2D eigenvalue weighted by molar-refractivity contribution is -0.127.